The molecule has 0 amide bonds. The molecule has 0 aliphatic carbocycles. The molecule has 8 aromatic rings. The van der Waals surface area contributed by atoms with Crippen molar-refractivity contribution in [3.63, 3.8) is 0 Å². The van der Waals surface area contributed by atoms with Crippen LogP contribution in [-0.4, -0.2) is 21.4 Å². The summed E-state index contributed by atoms with van der Waals surface area (Å²) in [4.78, 5) is 20.6. The maximum Gasteiger partial charge on any atom is 0.0819 e. The highest BCUT2D eigenvalue weighted by Crippen LogP contribution is 2.38. The fourth-order valence-electron chi connectivity index (χ4n) is 6.22. The zero-order valence-electron chi connectivity index (χ0n) is 23.6. The summed E-state index contributed by atoms with van der Waals surface area (Å²) in [6.07, 6.45) is 3.86. The minimum Gasteiger partial charge on any atom is -0.256 e. The molecule has 3 heterocycles. The van der Waals surface area contributed by atoms with Gasteiger partial charge >= 0.3 is 0 Å². The first kappa shape index (κ1) is 24.6. The van der Waals surface area contributed by atoms with Crippen molar-refractivity contribution < 1.29 is 0 Å². The van der Waals surface area contributed by atoms with Crippen LogP contribution in [0.2, 0.25) is 0 Å². The van der Waals surface area contributed by atoms with Crippen molar-refractivity contribution in [3.8, 4) is 0 Å². The molecule has 9 rings (SSSR count). The van der Waals surface area contributed by atoms with Gasteiger partial charge in [-0.3, -0.25) is 9.97 Å². The van der Waals surface area contributed by atoms with E-state index in [4.69, 9.17) is 20.0 Å². The van der Waals surface area contributed by atoms with Crippen LogP contribution in [0.4, 0.5) is 11.4 Å². The van der Waals surface area contributed by atoms with Crippen molar-refractivity contribution in [3.05, 3.63) is 168 Å². The number of aromatic nitrogens is 2. The molecule has 1 aliphatic rings. The zero-order chi connectivity index (χ0) is 29.0. The highest BCUT2D eigenvalue weighted by atomic mass is 14.8. The fourth-order valence-corrected chi connectivity index (χ4v) is 6.22. The SMILES string of the molecule is c1ccc2cc3c(cc2c1)/N=C(/c1cnc2ccccc2c1)c1cc2ccccc2cc1/N=C\3c1cnc2ccccc2c1. The summed E-state index contributed by atoms with van der Waals surface area (Å²) >= 11 is 0. The molecule has 0 fully saturated rings. The molecule has 0 N–H and O–H groups in total. The molecule has 0 radical (unpaired) electrons. The van der Waals surface area contributed by atoms with Gasteiger partial charge in [0, 0.05) is 45.4 Å². The van der Waals surface area contributed by atoms with E-state index in [1.54, 1.807) is 0 Å². The van der Waals surface area contributed by atoms with Crippen LogP contribution in [0.1, 0.15) is 22.3 Å². The number of pyridine rings is 2. The molecule has 44 heavy (non-hydrogen) atoms. The van der Waals surface area contributed by atoms with E-state index in [9.17, 15) is 0 Å². The lowest BCUT2D eigenvalue weighted by molar-refractivity contribution is 1.36. The van der Waals surface area contributed by atoms with Crippen LogP contribution >= 0.6 is 0 Å². The highest BCUT2D eigenvalue weighted by molar-refractivity contribution is 6.25. The average Bonchev–Trinajstić information content (AvgIpc) is 3.08. The number of aliphatic imine (C=N–C) groups is 2. The lowest BCUT2D eigenvalue weighted by Crippen LogP contribution is -2.11. The predicted molar refractivity (Wildman–Crippen MR) is 182 cm³/mol. The summed E-state index contributed by atoms with van der Waals surface area (Å²) < 4.78 is 0. The van der Waals surface area contributed by atoms with Crippen molar-refractivity contribution in [2.45, 2.75) is 0 Å². The lowest BCUT2D eigenvalue weighted by Gasteiger charge is -2.19. The normalized spacial score (nSPS) is 15.2. The lowest BCUT2D eigenvalue weighted by atomic mass is 9.93. The molecule has 0 spiro atoms. The number of hydrogen-bond donors (Lipinski definition) is 0. The van der Waals surface area contributed by atoms with Gasteiger partial charge in [-0.25, -0.2) is 9.98 Å². The van der Waals surface area contributed by atoms with Gasteiger partial charge < -0.3 is 0 Å². The molecular weight excluding hydrogens is 536 g/mol. The van der Waals surface area contributed by atoms with Gasteiger partial charge in [0.15, 0.2) is 0 Å². The zero-order valence-corrected chi connectivity index (χ0v) is 23.6. The Bertz CT molecular complexity index is 2330. The van der Waals surface area contributed by atoms with Crippen molar-refractivity contribution in [1.29, 1.82) is 0 Å². The van der Waals surface area contributed by atoms with E-state index in [0.717, 1.165) is 88.4 Å². The van der Waals surface area contributed by atoms with Crippen molar-refractivity contribution in [1.82, 2.24) is 9.97 Å². The molecule has 4 nitrogen and oxygen atoms in total. The Balaban J connectivity index is 1.39. The Labute approximate surface area is 253 Å². The number of nitrogens with zero attached hydrogens (tertiary/aromatic N) is 4. The number of rotatable bonds is 2. The van der Waals surface area contributed by atoms with Crippen LogP contribution in [0.25, 0.3) is 43.4 Å². The molecule has 6 aromatic carbocycles. The number of fused-ring (bicyclic) bond motifs is 6. The molecule has 0 atom stereocenters. The first-order valence-corrected chi connectivity index (χ1v) is 14.7. The topological polar surface area (TPSA) is 50.5 Å². The molecule has 1 aliphatic heterocycles. The van der Waals surface area contributed by atoms with Crippen LogP contribution in [-0.2, 0) is 0 Å². The summed E-state index contributed by atoms with van der Waals surface area (Å²) in [5.74, 6) is 0. The van der Waals surface area contributed by atoms with Gasteiger partial charge in [-0.1, -0.05) is 84.9 Å². The van der Waals surface area contributed by atoms with E-state index in [-0.39, 0.29) is 0 Å². The molecule has 0 saturated carbocycles. The maximum absolute atomic E-state index is 5.49. The van der Waals surface area contributed by atoms with Crippen molar-refractivity contribution in [2.75, 3.05) is 0 Å². The Morgan fingerprint density at radius 1 is 0.341 bits per heavy atom. The van der Waals surface area contributed by atoms with Gasteiger partial charge in [-0.15, -0.1) is 0 Å². The summed E-state index contributed by atoms with van der Waals surface area (Å²) in [6.45, 7) is 0. The molecule has 0 unspecified atom stereocenters. The fraction of sp³-hybridized carbons (Fsp3) is 0. The predicted octanol–water partition coefficient (Wildman–Crippen LogP) is 9.74. The van der Waals surface area contributed by atoms with E-state index < -0.39 is 0 Å². The minimum atomic E-state index is 0.847. The van der Waals surface area contributed by atoms with E-state index in [2.05, 4.69) is 97.1 Å². The standard InChI is InChI=1S/C40H24N4/c1-3-11-27-21-37-33(19-25(27)9-1)39(31-17-29-13-5-7-15-35(29)41-23-31)44-38-22-28-12-4-2-10-26(28)20-34(38)40(43-37)32-18-30-14-6-8-16-36(30)42-24-32/h1-24H/b39-33?,40-34?,43-37?,43-40-,44-38?,44-39-. The third-order valence-electron chi connectivity index (χ3n) is 8.43. The van der Waals surface area contributed by atoms with Crippen LogP contribution in [0.15, 0.2) is 156 Å². The second-order valence-electron chi connectivity index (χ2n) is 11.2. The van der Waals surface area contributed by atoms with Crippen LogP contribution < -0.4 is 0 Å². The van der Waals surface area contributed by atoms with Crippen LogP contribution in [0.5, 0.6) is 0 Å². The molecular formula is C40H24N4. The van der Waals surface area contributed by atoms with Gasteiger partial charge in [-0.2, -0.15) is 0 Å². The smallest absolute Gasteiger partial charge is 0.0819 e. The summed E-state index contributed by atoms with van der Waals surface area (Å²) in [5, 5.41) is 6.67. The Morgan fingerprint density at radius 3 is 1.14 bits per heavy atom. The van der Waals surface area contributed by atoms with E-state index in [0.29, 0.717) is 0 Å². The number of para-hydroxylation sites is 2. The maximum atomic E-state index is 5.49. The van der Waals surface area contributed by atoms with Crippen molar-refractivity contribution in [2.24, 2.45) is 9.98 Å². The van der Waals surface area contributed by atoms with Gasteiger partial charge in [0.1, 0.15) is 0 Å². The van der Waals surface area contributed by atoms with Gasteiger partial charge in [0.2, 0.25) is 0 Å². The van der Waals surface area contributed by atoms with E-state index in [1.807, 2.05) is 48.8 Å². The first-order chi connectivity index (χ1) is 21.8. The summed E-state index contributed by atoms with van der Waals surface area (Å²) in [5.41, 5.74) is 9.15. The van der Waals surface area contributed by atoms with Gasteiger partial charge in [-0.05, 0) is 70.1 Å². The van der Waals surface area contributed by atoms with Crippen LogP contribution in [0, 0.1) is 0 Å². The highest BCUT2D eigenvalue weighted by Gasteiger charge is 2.22. The third-order valence-corrected chi connectivity index (χ3v) is 8.43. The van der Waals surface area contributed by atoms with Crippen molar-refractivity contribution >= 4 is 66.1 Å². The first-order valence-electron chi connectivity index (χ1n) is 14.7. The molecule has 0 bridgehead atoms. The third kappa shape index (κ3) is 4.08. The molecule has 2 aromatic heterocycles. The van der Waals surface area contributed by atoms with Gasteiger partial charge in [0.05, 0.1) is 33.8 Å². The quantitative estimate of drug-likeness (QED) is 0.211. The van der Waals surface area contributed by atoms with Crippen LogP contribution in [0.3, 0.4) is 0 Å². The molecule has 0 saturated heterocycles. The number of benzene rings is 6. The number of hydrogen-bond acceptors (Lipinski definition) is 4. The Hall–Kier alpha value is -6.00. The Kier molecular flexibility index (Phi) is 5.47. The van der Waals surface area contributed by atoms with Gasteiger partial charge in [0.25, 0.3) is 0 Å². The molecule has 4 heteroatoms. The van der Waals surface area contributed by atoms with E-state index in [1.165, 1.54) is 0 Å². The molecule has 204 valence electrons. The second-order valence-corrected chi connectivity index (χ2v) is 11.2. The minimum absolute atomic E-state index is 0.847. The monoisotopic (exact) mass is 560 g/mol. The summed E-state index contributed by atoms with van der Waals surface area (Å²) in [7, 11) is 0. The summed E-state index contributed by atoms with van der Waals surface area (Å²) in [6, 6.07) is 46.4. The Morgan fingerprint density at radius 2 is 0.705 bits per heavy atom. The largest absolute Gasteiger partial charge is 0.256 e. The average molecular weight is 561 g/mol. The van der Waals surface area contributed by atoms with E-state index >= 15 is 0 Å². The second kappa shape index (κ2) is 9.79.